The van der Waals surface area contributed by atoms with E-state index in [0.717, 1.165) is 19.3 Å². The number of aromatic nitrogens is 1. The summed E-state index contributed by atoms with van der Waals surface area (Å²) in [6.45, 7) is 3.52. The topological polar surface area (TPSA) is 67.3 Å². The maximum absolute atomic E-state index is 12.4. The largest absolute Gasteiger partial charge is 0.293 e. The Hall–Kier alpha value is -1.56. The van der Waals surface area contributed by atoms with E-state index in [9.17, 15) is 14.4 Å². The fraction of sp³-hybridized carbons (Fsp3) is 0.571. The van der Waals surface area contributed by atoms with Crippen molar-refractivity contribution in [1.29, 1.82) is 0 Å². The summed E-state index contributed by atoms with van der Waals surface area (Å²) in [6.07, 6.45) is 2.61. The lowest BCUT2D eigenvalue weighted by atomic mass is 10.00. The van der Waals surface area contributed by atoms with Gasteiger partial charge in [-0.1, -0.05) is 13.3 Å². The molecule has 0 bridgehead atoms. The molecule has 0 N–H and O–H groups in total. The van der Waals surface area contributed by atoms with Crippen molar-refractivity contribution in [2.24, 2.45) is 17.8 Å². The Labute approximate surface area is 121 Å². The SMILES string of the molecule is CCC1CC2C(=O)N(c3nc(C(C)=O)cs3)C(=O)C2C1. The lowest BCUT2D eigenvalue weighted by molar-refractivity contribution is -0.123. The second kappa shape index (κ2) is 4.77. The number of carbonyl (C=O) groups excluding carboxylic acids is 3. The third kappa shape index (κ3) is 1.90. The Kier molecular flexibility index (Phi) is 3.20. The van der Waals surface area contributed by atoms with E-state index in [-0.39, 0.29) is 29.4 Å². The van der Waals surface area contributed by atoms with Gasteiger partial charge in [-0.05, 0) is 18.8 Å². The van der Waals surface area contributed by atoms with Gasteiger partial charge < -0.3 is 0 Å². The number of Topliss-reactive ketones (excluding diaryl/α,β-unsaturated/α-hetero) is 1. The van der Waals surface area contributed by atoms with Gasteiger partial charge in [-0.2, -0.15) is 0 Å². The smallest absolute Gasteiger partial charge is 0.239 e. The minimum absolute atomic E-state index is 0.139. The molecule has 2 fully saturated rings. The van der Waals surface area contributed by atoms with E-state index < -0.39 is 0 Å². The molecule has 1 aliphatic heterocycles. The molecule has 0 radical (unpaired) electrons. The van der Waals surface area contributed by atoms with Crippen molar-refractivity contribution in [1.82, 2.24) is 4.98 Å². The average Bonchev–Trinajstić information content (AvgIpc) is 3.08. The molecule has 1 aliphatic carbocycles. The molecule has 6 heteroatoms. The predicted octanol–water partition coefficient (Wildman–Crippen LogP) is 2.27. The quantitative estimate of drug-likeness (QED) is 0.633. The predicted molar refractivity (Wildman–Crippen MR) is 74.6 cm³/mol. The van der Waals surface area contributed by atoms with Crippen LogP contribution in [0.4, 0.5) is 5.13 Å². The number of anilines is 1. The molecule has 2 amide bonds. The first-order chi connectivity index (χ1) is 9.52. The van der Waals surface area contributed by atoms with Crippen molar-refractivity contribution in [3.63, 3.8) is 0 Å². The summed E-state index contributed by atoms with van der Waals surface area (Å²) in [4.78, 5) is 41.4. The van der Waals surface area contributed by atoms with E-state index in [0.29, 0.717) is 16.7 Å². The molecule has 5 nitrogen and oxygen atoms in total. The van der Waals surface area contributed by atoms with Gasteiger partial charge in [0.15, 0.2) is 10.9 Å². The molecule has 1 aromatic rings. The van der Waals surface area contributed by atoms with Crippen molar-refractivity contribution < 1.29 is 14.4 Å². The Morgan fingerprint density at radius 2 is 1.95 bits per heavy atom. The molecule has 2 atom stereocenters. The van der Waals surface area contributed by atoms with Crippen LogP contribution < -0.4 is 4.90 Å². The Morgan fingerprint density at radius 3 is 2.40 bits per heavy atom. The summed E-state index contributed by atoms with van der Waals surface area (Å²) in [5, 5.41) is 1.94. The number of amides is 2. The lowest BCUT2D eigenvalue weighted by Gasteiger charge is -2.14. The second-order valence-electron chi connectivity index (χ2n) is 5.54. The van der Waals surface area contributed by atoms with Crippen LogP contribution >= 0.6 is 11.3 Å². The molecule has 2 aliphatic rings. The van der Waals surface area contributed by atoms with Crippen LogP contribution in [0.15, 0.2) is 5.38 Å². The average molecular weight is 292 g/mol. The van der Waals surface area contributed by atoms with E-state index in [1.54, 1.807) is 5.38 Å². The van der Waals surface area contributed by atoms with Crippen LogP contribution in [-0.2, 0) is 9.59 Å². The first-order valence-electron chi connectivity index (χ1n) is 6.87. The fourth-order valence-corrected chi connectivity index (χ4v) is 4.05. The molecule has 20 heavy (non-hydrogen) atoms. The standard InChI is InChI=1S/C14H16N2O3S/c1-3-8-4-9-10(5-8)13(19)16(12(9)18)14-15-11(6-20-14)7(2)17/h6,8-10H,3-5H2,1-2H3. The maximum Gasteiger partial charge on any atom is 0.239 e. The summed E-state index contributed by atoms with van der Waals surface area (Å²) < 4.78 is 0. The van der Waals surface area contributed by atoms with Crippen LogP contribution in [-0.4, -0.2) is 22.6 Å². The zero-order chi connectivity index (χ0) is 14.4. The van der Waals surface area contributed by atoms with Crippen LogP contribution in [0.1, 0.15) is 43.6 Å². The molecule has 0 aromatic carbocycles. The molecule has 1 aromatic heterocycles. The lowest BCUT2D eigenvalue weighted by Crippen LogP contribution is -2.32. The minimum atomic E-state index is -0.183. The summed E-state index contributed by atoms with van der Waals surface area (Å²) >= 11 is 1.18. The van der Waals surface area contributed by atoms with Crippen LogP contribution in [0.3, 0.4) is 0 Å². The highest BCUT2D eigenvalue weighted by atomic mass is 32.1. The molecule has 1 saturated heterocycles. The van der Waals surface area contributed by atoms with E-state index in [4.69, 9.17) is 0 Å². The van der Waals surface area contributed by atoms with Crippen LogP contribution in [0.5, 0.6) is 0 Å². The van der Waals surface area contributed by atoms with Gasteiger partial charge in [-0.25, -0.2) is 9.88 Å². The van der Waals surface area contributed by atoms with Gasteiger partial charge in [0, 0.05) is 12.3 Å². The number of thiazole rings is 1. The molecule has 3 rings (SSSR count). The van der Waals surface area contributed by atoms with Crippen molar-refractivity contribution in [3.05, 3.63) is 11.1 Å². The van der Waals surface area contributed by atoms with Gasteiger partial charge in [0.2, 0.25) is 11.8 Å². The number of nitrogens with zero attached hydrogens (tertiary/aromatic N) is 2. The molecule has 2 heterocycles. The first-order valence-corrected chi connectivity index (χ1v) is 7.75. The molecular formula is C14H16N2O3S. The van der Waals surface area contributed by atoms with E-state index in [1.807, 2.05) is 0 Å². The number of ketones is 1. The molecule has 1 saturated carbocycles. The first kappa shape index (κ1) is 13.4. The van der Waals surface area contributed by atoms with Gasteiger partial charge in [-0.15, -0.1) is 11.3 Å². The Bertz CT molecular complexity index is 571. The normalized spacial score (nSPS) is 29.1. The molecule has 106 valence electrons. The highest BCUT2D eigenvalue weighted by molar-refractivity contribution is 7.14. The van der Waals surface area contributed by atoms with Gasteiger partial charge in [0.25, 0.3) is 0 Å². The van der Waals surface area contributed by atoms with Gasteiger partial charge >= 0.3 is 0 Å². The number of imide groups is 1. The molecule has 0 spiro atoms. The third-order valence-electron chi connectivity index (χ3n) is 4.36. The number of hydrogen-bond acceptors (Lipinski definition) is 5. The van der Waals surface area contributed by atoms with Gasteiger partial charge in [0.05, 0.1) is 11.8 Å². The fourth-order valence-electron chi connectivity index (χ4n) is 3.18. The molecular weight excluding hydrogens is 276 g/mol. The van der Waals surface area contributed by atoms with Crippen molar-refractivity contribution >= 4 is 34.1 Å². The third-order valence-corrected chi connectivity index (χ3v) is 5.18. The van der Waals surface area contributed by atoms with Crippen molar-refractivity contribution in [3.8, 4) is 0 Å². The number of rotatable bonds is 3. The number of hydrogen-bond donors (Lipinski definition) is 0. The van der Waals surface area contributed by atoms with Gasteiger partial charge in [0.1, 0.15) is 5.69 Å². The van der Waals surface area contributed by atoms with E-state index >= 15 is 0 Å². The summed E-state index contributed by atoms with van der Waals surface area (Å²) in [5.41, 5.74) is 0.314. The molecule has 2 unspecified atom stereocenters. The zero-order valence-electron chi connectivity index (χ0n) is 11.5. The summed E-state index contributed by atoms with van der Waals surface area (Å²) in [5.74, 6) is -0.322. The van der Waals surface area contributed by atoms with E-state index in [2.05, 4.69) is 11.9 Å². The number of carbonyl (C=O) groups is 3. The highest BCUT2D eigenvalue weighted by Gasteiger charge is 2.53. The number of fused-ring (bicyclic) bond motifs is 1. The minimum Gasteiger partial charge on any atom is -0.293 e. The zero-order valence-corrected chi connectivity index (χ0v) is 12.3. The monoisotopic (exact) mass is 292 g/mol. The van der Waals surface area contributed by atoms with Crippen LogP contribution in [0.2, 0.25) is 0 Å². The van der Waals surface area contributed by atoms with Crippen LogP contribution in [0.25, 0.3) is 0 Å². The second-order valence-corrected chi connectivity index (χ2v) is 6.38. The maximum atomic E-state index is 12.4. The van der Waals surface area contributed by atoms with Crippen molar-refractivity contribution in [2.75, 3.05) is 4.90 Å². The summed E-state index contributed by atoms with van der Waals surface area (Å²) in [6, 6.07) is 0. The Balaban J connectivity index is 1.87. The highest BCUT2D eigenvalue weighted by Crippen LogP contribution is 2.45. The van der Waals surface area contributed by atoms with Crippen LogP contribution in [0, 0.1) is 17.8 Å². The van der Waals surface area contributed by atoms with E-state index in [1.165, 1.54) is 23.2 Å². The summed E-state index contributed by atoms with van der Waals surface area (Å²) in [7, 11) is 0. The van der Waals surface area contributed by atoms with Crippen molar-refractivity contribution in [2.45, 2.75) is 33.1 Å². The Morgan fingerprint density at radius 1 is 1.35 bits per heavy atom. The van der Waals surface area contributed by atoms with Gasteiger partial charge in [-0.3, -0.25) is 14.4 Å².